The third kappa shape index (κ3) is 3.26. The van der Waals surface area contributed by atoms with Crippen molar-refractivity contribution in [2.45, 2.75) is 45.6 Å². The van der Waals surface area contributed by atoms with E-state index in [4.69, 9.17) is 0 Å². The second kappa shape index (κ2) is 5.90. The van der Waals surface area contributed by atoms with Crippen LogP contribution in [0.15, 0.2) is 16.6 Å². The third-order valence-corrected chi connectivity index (χ3v) is 4.62. The minimum Gasteiger partial charge on any atom is -0.381 e. The maximum Gasteiger partial charge on any atom is 0.274 e. The number of hydrogen-bond acceptors (Lipinski definition) is 3. The van der Waals surface area contributed by atoms with Crippen LogP contribution >= 0.6 is 15.9 Å². The maximum absolute atomic E-state index is 11.0. The van der Waals surface area contributed by atoms with Crippen LogP contribution in [-0.2, 0) is 0 Å². The molecule has 0 aromatic heterocycles. The molecule has 1 aromatic rings. The van der Waals surface area contributed by atoms with Gasteiger partial charge in [-0.25, -0.2) is 0 Å². The fourth-order valence-electron chi connectivity index (χ4n) is 2.77. The topological polar surface area (TPSA) is 55.2 Å². The van der Waals surface area contributed by atoms with Gasteiger partial charge < -0.3 is 5.32 Å². The summed E-state index contributed by atoms with van der Waals surface area (Å²) in [6, 6.07) is 3.88. The Morgan fingerprint density at radius 1 is 1.47 bits per heavy atom. The van der Waals surface area contributed by atoms with Crippen LogP contribution in [0.2, 0.25) is 0 Å². The van der Waals surface area contributed by atoms with Gasteiger partial charge in [0.2, 0.25) is 0 Å². The number of benzene rings is 1. The number of hydrogen-bond donors (Lipinski definition) is 1. The molecule has 19 heavy (non-hydrogen) atoms. The summed E-state index contributed by atoms with van der Waals surface area (Å²) in [5.74, 6) is 0.789. The van der Waals surface area contributed by atoms with Crippen LogP contribution in [0.1, 0.15) is 38.2 Å². The smallest absolute Gasteiger partial charge is 0.274 e. The van der Waals surface area contributed by atoms with Crippen LogP contribution in [0.3, 0.4) is 0 Å². The van der Waals surface area contributed by atoms with E-state index in [2.05, 4.69) is 28.2 Å². The van der Waals surface area contributed by atoms with E-state index in [1.165, 1.54) is 12.8 Å². The minimum absolute atomic E-state index is 0.177. The molecule has 2 rings (SSSR count). The molecule has 0 bridgehead atoms. The van der Waals surface area contributed by atoms with Gasteiger partial charge >= 0.3 is 0 Å². The Balaban J connectivity index is 2.16. The maximum atomic E-state index is 11.0. The van der Waals surface area contributed by atoms with E-state index in [-0.39, 0.29) is 10.6 Å². The van der Waals surface area contributed by atoms with E-state index >= 15 is 0 Å². The summed E-state index contributed by atoms with van der Waals surface area (Å²) in [7, 11) is 0. The second-order valence-electron chi connectivity index (χ2n) is 5.30. The lowest BCUT2D eigenvalue weighted by Gasteiger charge is -2.16. The predicted octanol–water partition coefficient (Wildman–Crippen LogP) is 4.66. The third-order valence-electron chi connectivity index (χ3n) is 3.96. The van der Waals surface area contributed by atoms with Crippen LogP contribution < -0.4 is 5.32 Å². The Morgan fingerprint density at radius 2 is 2.21 bits per heavy atom. The van der Waals surface area contributed by atoms with E-state index in [0.717, 1.165) is 28.9 Å². The summed E-state index contributed by atoms with van der Waals surface area (Å²) in [5, 5.41) is 14.4. The number of nitro benzene ring substituents is 1. The molecule has 2 atom stereocenters. The lowest BCUT2D eigenvalue weighted by Crippen LogP contribution is -2.16. The van der Waals surface area contributed by atoms with E-state index in [1.807, 2.05) is 6.07 Å². The molecular formula is C14H19BrN2O2. The molecule has 4 nitrogen and oxygen atoms in total. The summed E-state index contributed by atoms with van der Waals surface area (Å²) >= 11 is 3.48. The van der Waals surface area contributed by atoms with Crippen molar-refractivity contribution < 1.29 is 4.92 Å². The number of nitro groups is 1. The highest BCUT2D eigenvalue weighted by molar-refractivity contribution is 9.10. The normalized spacial score (nSPS) is 22.5. The molecule has 0 radical (unpaired) electrons. The van der Waals surface area contributed by atoms with Gasteiger partial charge in [0, 0.05) is 22.1 Å². The van der Waals surface area contributed by atoms with E-state index in [9.17, 15) is 10.1 Å². The van der Waals surface area contributed by atoms with Gasteiger partial charge in [-0.15, -0.1) is 0 Å². The summed E-state index contributed by atoms with van der Waals surface area (Å²) in [5.41, 5.74) is 1.69. The van der Waals surface area contributed by atoms with Crippen LogP contribution in [0, 0.1) is 23.0 Å². The first-order valence-electron chi connectivity index (χ1n) is 6.72. The van der Waals surface area contributed by atoms with Crippen molar-refractivity contribution >= 4 is 27.3 Å². The fraction of sp³-hybridized carbons (Fsp3) is 0.571. The quantitative estimate of drug-likeness (QED) is 0.646. The molecule has 1 aliphatic carbocycles. The Hall–Kier alpha value is -1.10. The highest BCUT2D eigenvalue weighted by Crippen LogP contribution is 2.35. The summed E-state index contributed by atoms with van der Waals surface area (Å²) < 4.78 is 0.899. The van der Waals surface area contributed by atoms with E-state index in [1.54, 1.807) is 13.0 Å². The van der Waals surface area contributed by atoms with E-state index in [0.29, 0.717) is 11.6 Å². The van der Waals surface area contributed by atoms with Gasteiger partial charge in [0.25, 0.3) is 5.69 Å². The summed E-state index contributed by atoms with van der Waals surface area (Å²) in [6.07, 6.45) is 4.77. The van der Waals surface area contributed by atoms with Crippen molar-refractivity contribution in [1.82, 2.24) is 0 Å². The molecule has 2 unspecified atom stereocenters. The molecular weight excluding hydrogens is 308 g/mol. The molecule has 0 amide bonds. The standard InChI is InChI=1S/C14H19BrN2O2/c1-3-10-4-5-11(7-10)16-13-8-14(17(18)19)9(2)6-12(13)15/h6,8,10-11,16H,3-5,7H2,1-2H3. The van der Waals surface area contributed by atoms with Gasteiger partial charge in [-0.1, -0.05) is 13.3 Å². The molecule has 104 valence electrons. The zero-order valence-corrected chi connectivity index (χ0v) is 12.9. The number of nitrogens with one attached hydrogen (secondary N) is 1. The van der Waals surface area contributed by atoms with Crippen LogP contribution in [0.5, 0.6) is 0 Å². The average Bonchev–Trinajstić information content (AvgIpc) is 2.80. The first-order valence-corrected chi connectivity index (χ1v) is 7.51. The van der Waals surface area contributed by atoms with Gasteiger partial charge in [0.15, 0.2) is 0 Å². The molecule has 1 fully saturated rings. The molecule has 0 heterocycles. The van der Waals surface area contributed by atoms with Crippen LogP contribution in [0.4, 0.5) is 11.4 Å². The van der Waals surface area contributed by atoms with Gasteiger partial charge in [-0.3, -0.25) is 10.1 Å². The first-order chi connectivity index (χ1) is 9.01. The van der Waals surface area contributed by atoms with Crippen molar-refractivity contribution in [3.8, 4) is 0 Å². The van der Waals surface area contributed by atoms with E-state index < -0.39 is 0 Å². The number of rotatable bonds is 4. The summed E-state index contributed by atoms with van der Waals surface area (Å²) in [4.78, 5) is 10.7. The highest BCUT2D eigenvalue weighted by Gasteiger charge is 2.24. The Kier molecular flexibility index (Phi) is 4.45. The van der Waals surface area contributed by atoms with Crippen molar-refractivity contribution in [3.63, 3.8) is 0 Å². The van der Waals surface area contributed by atoms with Crippen molar-refractivity contribution in [2.24, 2.45) is 5.92 Å². The number of halogens is 1. The lowest BCUT2D eigenvalue weighted by molar-refractivity contribution is -0.385. The molecule has 0 saturated heterocycles. The Bertz CT molecular complexity index is 491. The highest BCUT2D eigenvalue weighted by atomic mass is 79.9. The second-order valence-corrected chi connectivity index (χ2v) is 6.16. The fourth-order valence-corrected chi connectivity index (χ4v) is 3.34. The van der Waals surface area contributed by atoms with Gasteiger partial charge in [0.1, 0.15) is 0 Å². The molecule has 1 saturated carbocycles. The average molecular weight is 327 g/mol. The molecule has 0 spiro atoms. The zero-order chi connectivity index (χ0) is 14.0. The zero-order valence-electron chi connectivity index (χ0n) is 11.3. The van der Waals surface area contributed by atoms with Crippen molar-refractivity contribution in [3.05, 3.63) is 32.3 Å². The minimum atomic E-state index is -0.323. The summed E-state index contributed by atoms with van der Waals surface area (Å²) in [6.45, 7) is 3.98. The van der Waals surface area contributed by atoms with Gasteiger partial charge in [-0.05, 0) is 54.1 Å². The molecule has 1 aromatic carbocycles. The predicted molar refractivity (Wildman–Crippen MR) is 80.6 cm³/mol. The SMILES string of the molecule is CCC1CCC(Nc2cc([N+](=O)[O-])c(C)cc2Br)C1. The van der Waals surface area contributed by atoms with Crippen molar-refractivity contribution in [1.29, 1.82) is 0 Å². The number of aryl methyl sites for hydroxylation is 1. The largest absolute Gasteiger partial charge is 0.381 e. The van der Waals surface area contributed by atoms with Crippen LogP contribution in [0.25, 0.3) is 0 Å². The first kappa shape index (κ1) is 14.3. The number of nitrogens with zero attached hydrogens (tertiary/aromatic N) is 1. The van der Waals surface area contributed by atoms with Crippen molar-refractivity contribution in [2.75, 3.05) is 5.32 Å². The Morgan fingerprint density at radius 3 is 2.79 bits per heavy atom. The lowest BCUT2D eigenvalue weighted by atomic mass is 10.1. The molecule has 5 heteroatoms. The van der Waals surface area contributed by atoms with Crippen LogP contribution in [-0.4, -0.2) is 11.0 Å². The molecule has 1 aliphatic rings. The molecule has 0 aliphatic heterocycles. The van der Waals surface area contributed by atoms with Gasteiger partial charge in [0.05, 0.1) is 10.6 Å². The Labute approximate surface area is 121 Å². The molecule has 1 N–H and O–H groups in total. The number of anilines is 1. The monoisotopic (exact) mass is 326 g/mol. The van der Waals surface area contributed by atoms with Gasteiger partial charge in [-0.2, -0.15) is 0 Å².